The average molecular weight is 542 g/mol. The van der Waals surface area contributed by atoms with E-state index in [1.807, 2.05) is 0 Å². The number of rotatable bonds is 6. The van der Waals surface area contributed by atoms with Gasteiger partial charge in [0, 0.05) is 42.7 Å². The van der Waals surface area contributed by atoms with Gasteiger partial charge in [0.1, 0.15) is 11.5 Å². The summed E-state index contributed by atoms with van der Waals surface area (Å²) < 4.78 is 17.4. The Balaban J connectivity index is 1.46. The molecule has 192 valence electrons. The smallest absolute Gasteiger partial charge is 0.262 e. The molecule has 2 aliphatic carbocycles. The molecule has 37 heavy (non-hydrogen) atoms. The van der Waals surface area contributed by atoms with E-state index in [4.69, 9.17) is 37.4 Å². The fraction of sp³-hybridized carbons (Fsp3) is 0.321. The van der Waals surface area contributed by atoms with Crippen LogP contribution >= 0.6 is 23.2 Å². The number of carbonyl (C=O) groups excluding carboxylic acids is 3. The Morgan fingerprint density at radius 1 is 0.973 bits per heavy atom. The summed E-state index contributed by atoms with van der Waals surface area (Å²) in [5, 5.41) is 3.29. The summed E-state index contributed by atoms with van der Waals surface area (Å²) in [4.78, 5) is 38.5. The molecule has 1 amide bonds. The number of amides is 1. The van der Waals surface area contributed by atoms with Crippen LogP contribution in [0, 0.1) is 0 Å². The summed E-state index contributed by atoms with van der Waals surface area (Å²) in [5.41, 5.74) is 2.15. The van der Waals surface area contributed by atoms with Crippen LogP contribution in [0.15, 0.2) is 59.1 Å². The van der Waals surface area contributed by atoms with Crippen LogP contribution in [-0.2, 0) is 19.1 Å². The van der Waals surface area contributed by atoms with Gasteiger partial charge in [-0.25, -0.2) is 0 Å². The van der Waals surface area contributed by atoms with E-state index < -0.39 is 11.8 Å². The number of hydrogen-bond acceptors (Lipinski definition) is 6. The molecule has 0 atom stereocenters. The Labute approximate surface area is 224 Å². The van der Waals surface area contributed by atoms with Crippen molar-refractivity contribution in [1.82, 2.24) is 0 Å². The van der Waals surface area contributed by atoms with Crippen molar-refractivity contribution < 1.29 is 28.6 Å². The van der Waals surface area contributed by atoms with E-state index in [9.17, 15) is 14.4 Å². The molecule has 0 fully saturated rings. The molecule has 2 aromatic rings. The summed E-state index contributed by atoms with van der Waals surface area (Å²) in [6.07, 6.45) is 3.54. The molecule has 7 nitrogen and oxygen atoms in total. The first-order valence-electron chi connectivity index (χ1n) is 12.1. The van der Waals surface area contributed by atoms with Crippen LogP contribution < -0.4 is 14.8 Å². The van der Waals surface area contributed by atoms with Crippen LogP contribution in [-0.4, -0.2) is 31.2 Å². The van der Waals surface area contributed by atoms with Crippen molar-refractivity contribution >= 4 is 46.4 Å². The first-order chi connectivity index (χ1) is 17.9. The van der Waals surface area contributed by atoms with Crippen molar-refractivity contribution in [2.45, 2.75) is 44.4 Å². The van der Waals surface area contributed by atoms with Crippen LogP contribution in [0.4, 0.5) is 5.69 Å². The fourth-order valence-electron chi connectivity index (χ4n) is 5.08. The predicted molar refractivity (Wildman–Crippen MR) is 139 cm³/mol. The van der Waals surface area contributed by atoms with Gasteiger partial charge in [-0.15, -0.1) is 0 Å². The molecule has 0 saturated carbocycles. The standard InChI is InChI=1S/C28H25Cl2NO6/c1-35-23-13-15(12-17(30)28(23)36-14-24(34)31-18-7-3-2-6-16(18)29)25-26-19(32)8-4-10-21(26)37-22-11-5-9-20(33)27(22)25/h2-3,6-7,12-13,25H,4-5,8-11,14H2,1H3,(H,31,34). The second-order valence-electron chi connectivity index (χ2n) is 9.11. The Hall–Kier alpha value is -3.29. The van der Waals surface area contributed by atoms with E-state index in [0.717, 1.165) is 0 Å². The molecule has 0 radical (unpaired) electrons. The largest absolute Gasteiger partial charge is 0.493 e. The van der Waals surface area contributed by atoms with Gasteiger partial charge >= 0.3 is 0 Å². The first kappa shape index (κ1) is 25.4. The summed E-state index contributed by atoms with van der Waals surface area (Å²) in [6, 6.07) is 10.2. The summed E-state index contributed by atoms with van der Waals surface area (Å²) >= 11 is 12.7. The molecular formula is C28H25Cl2NO6. The number of ether oxygens (including phenoxy) is 3. The van der Waals surface area contributed by atoms with Crippen molar-refractivity contribution in [1.29, 1.82) is 0 Å². The Morgan fingerprint density at radius 3 is 2.24 bits per heavy atom. The van der Waals surface area contributed by atoms with E-state index in [1.54, 1.807) is 36.4 Å². The molecule has 3 aliphatic rings. The predicted octanol–water partition coefficient (Wildman–Crippen LogP) is 6.15. The number of carbonyl (C=O) groups is 3. The van der Waals surface area contributed by atoms with Gasteiger partial charge in [-0.3, -0.25) is 14.4 Å². The molecule has 0 unspecified atom stereocenters. The number of ketones is 2. The minimum Gasteiger partial charge on any atom is -0.493 e. The summed E-state index contributed by atoms with van der Waals surface area (Å²) in [6.45, 7) is -0.334. The average Bonchev–Trinajstić information content (AvgIpc) is 2.88. The first-order valence-corrected chi connectivity index (χ1v) is 12.9. The van der Waals surface area contributed by atoms with Gasteiger partial charge in [0.25, 0.3) is 5.91 Å². The number of methoxy groups -OCH3 is 1. The number of hydrogen-bond donors (Lipinski definition) is 1. The lowest BCUT2D eigenvalue weighted by atomic mass is 9.73. The lowest BCUT2D eigenvalue weighted by molar-refractivity contribution is -0.119. The minimum atomic E-state index is -0.580. The molecular weight excluding hydrogens is 517 g/mol. The zero-order valence-electron chi connectivity index (χ0n) is 20.2. The number of para-hydroxylation sites is 1. The molecule has 1 aliphatic heterocycles. The molecule has 0 aromatic heterocycles. The highest BCUT2D eigenvalue weighted by Crippen LogP contribution is 2.50. The second-order valence-corrected chi connectivity index (χ2v) is 9.93. The molecule has 2 aromatic carbocycles. The number of nitrogens with one attached hydrogen (secondary N) is 1. The highest BCUT2D eigenvalue weighted by Gasteiger charge is 2.42. The molecule has 0 spiro atoms. The molecule has 1 N–H and O–H groups in total. The van der Waals surface area contributed by atoms with Gasteiger partial charge in [-0.2, -0.15) is 0 Å². The normalized spacial score (nSPS) is 17.7. The van der Waals surface area contributed by atoms with Crippen LogP contribution in [0.25, 0.3) is 0 Å². The third kappa shape index (κ3) is 4.98. The van der Waals surface area contributed by atoms with Crippen molar-refractivity contribution in [2.24, 2.45) is 0 Å². The lowest BCUT2D eigenvalue weighted by Gasteiger charge is -2.36. The molecule has 1 heterocycles. The lowest BCUT2D eigenvalue weighted by Crippen LogP contribution is -2.30. The quantitative estimate of drug-likeness (QED) is 0.471. The molecule has 5 rings (SSSR count). The van der Waals surface area contributed by atoms with E-state index in [1.165, 1.54) is 7.11 Å². The van der Waals surface area contributed by atoms with E-state index in [0.29, 0.717) is 77.5 Å². The van der Waals surface area contributed by atoms with Crippen LogP contribution in [0.5, 0.6) is 11.5 Å². The highest BCUT2D eigenvalue weighted by atomic mass is 35.5. The third-order valence-corrected chi connectivity index (χ3v) is 7.33. The van der Waals surface area contributed by atoms with Crippen LogP contribution in [0.2, 0.25) is 10.0 Å². The van der Waals surface area contributed by atoms with Crippen LogP contribution in [0.1, 0.15) is 50.0 Å². The summed E-state index contributed by atoms with van der Waals surface area (Å²) in [5.74, 6) is 0.694. The van der Waals surface area contributed by atoms with Crippen molar-refractivity contribution in [3.63, 3.8) is 0 Å². The van der Waals surface area contributed by atoms with Gasteiger partial charge in [0.2, 0.25) is 0 Å². The number of Topliss-reactive ketones (excluding diaryl/α,β-unsaturated/α-hetero) is 2. The Bertz CT molecular complexity index is 1320. The van der Waals surface area contributed by atoms with E-state index >= 15 is 0 Å². The van der Waals surface area contributed by atoms with Gasteiger partial charge in [0.05, 0.1) is 22.8 Å². The highest BCUT2D eigenvalue weighted by molar-refractivity contribution is 6.33. The monoisotopic (exact) mass is 541 g/mol. The number of benzene rings is 2. The Kier molecular flexibility index (Phi) is 7.26. The van der Waals surface area contributed by atoms with Gasteiger partial charge in [0.15, 0.2) is 29.7 Å². The fourth-order valence-corrected chi connectivity index (χ4v) is 5.54. The molecule has 0 bridgehead atoms. The Morgan fingerprint density at radius 2 is 1.62 bits per heavy atom. The SMILES string of the molecule is COc1cc(C2C3=C(CCCC3=O)OC3=C2C(=O)CCC3)cc(Cl)c1OCC(=O)Nc1ccccc1Cl. The molecule has 0 saturated heterocycles. The zero-order chi connectivity index (χ0) is 26.1. The van der Waals surface area contributed by atoms with Gasteiger partial charge < -0.3 is 19.5 Å². The van der Waals surface area contributed by atoms with Gasteiger partial charge in [-0.1, -0.05) is 35.3 Å². The van der Waals surface area contributed by atoms with Crippen LogP contribution in [0.3, 0.4) is 0 Å². The maximum absolute atomic E-state index is 13.0. The maximum atomic E-state index is 13.0. The van der Waals surface area contributed by atoms with Crippen molar-refractivity contribution in [3.05, 3.63) is 74.7 Å². The van der Waals surface area contributed by atoms with Crippen molar-refractivity contribution in [3.8, 4) is 11.5 Å². The number of halogens is 2. The second kappa shape index (κ2) is 10.6. The van der Waals surface area contributed by atoms with E-state index in [-0.39, 0.29) is 34.7 Å². The number of allylic oxidation sites excluding steroid dienone is 4. The zero-order valence-corrected chi connectivity index (χ0v) is 21.7. The minimum absolute atomic E-state index is 0.0252. The van der Waals surface area contributed by atoms with Crippen molar-refractivity contribution in [2.75, 3.05) is 19.0 Å². The number of anilines is 1. The topological polar surface area (TPSA) is 90.9 Å². The maximum Gasteiger partial charge on any atom is 0.262 e. The molecule has 9 heteroatoms. The summed E-state index contributed by atoms with van der Waals surface area (Å²) in [7, 11) is 1.46. The van der Waals surface area contributed by atoms with E-state index in [2.05, 4.69) is 5.32 Å². The third-order valence-electron chi connectivity index (χ3n) is 6.72. The van der Waals surface area contributed by atoms with Gasteiger partial charge in [-0.05, 0) is 42.7 Å².